The van der Waals surface area contributed by atoms with Crippen LogP contribution in [0.25, 0.3) is 0 Å². The maximum atomic E-state index is 12.4. The number of hydrogen-bond donors (Lipinski definition) is 7. The predicted molar refractivity (Wildman–Crippen MR) is 163 cm³/mol. The van der Waals surface area contributed by atoms with Crippen LogP contribution in [0.2, 0.25) is 0 Å². The van der Waals surface area contributed by atoms with Crippen LogP contribution in [-0.4, -0.2) is 44.2 Å². The summed E-state index contributed by atoms with van der Waals surface area (Å²) < 4.78 is 4.71. The van der Waals surface area contributed by atoms with Gasteiger partial charge in [-0.15, -0.1) is 12.4 Å². The van der Waals surface area contributed by atoms with Gasteiger partial charge < -0.3 is 49.8 Å². The first-order valence-electron chi connectivity index (χ1n) is 12.0. The van der Waals surface area contributed by atoms with Crippen molar-refractivity contribution < 1.29 is 20.1 Å². The number of amides is 1. The Balaban J connectivity index is -0.000000535. The molecule has 2 aromatic heterocycles. The van der Waals surface area contributed by atoms with Crippen LogP contribution in [0.1, 0.15) is 79.2 Å². The van der Waals surface area contributed by atoms with Crippen molar-refractivity contribution in [1.29, 1.82) is 0 Å². The van der Waals surface area contributed by atoms with Crippen LogP contribution in [0.5, 0.6) is 5.75 Å². The number of nitrogens with one attached hydrogen (secondary N) is 2. The van der Waals surface area contributed by atoms with Crippen LogP contribution in [0.15, 0.2) is 35.1 Å². The van der Waals surface area contributed by atoms with Gasteiger partial charge in [0, 0.05) is 42.5 Å². The van der Waals surface area contributed by atoms with Gasteiger partial charge in [0.05, 0.1) is 5.56 Å². The molecule has 1 aromatic carbocycles. The number of hydrogen-bond acceptors (Lipinski definition) is 13. The zero-order valence-electron chi connectivity index (χ0n) is 22.3. The second kappa shape index (κ2) is 16.4. The first-order valence-corrected chi connectivity index (χ1v) is 12.0. The van der Waals surface area contributed by atoms with Gasteiger partial charge >= 0.3 is 0 Å². The van der Waals surface area contributed by atoms with E-state index in [9.17, 15) is 9.90 Å². The molecule has 0 unspecified atom stereocenters. The molecular formula is C24H50ClN11O3. The summed E-state index contributed by atoms with van der Waals surface area (Å²) in [7, 11) is 0. The number of rotatable bonds is 6. The molecule has 1 saturated heterocycles. The number of carbonyl (C=O) groups is 1. The molecule has 0 radical (unpaired) electrons. The van der Waals surface area contributed by atoms with Gasteiger partial charge in [-0.2, -0.15) is 15.0 Å². The Hall–Kier alpha value is -3.56. The van der Waals surface area contributed by atoms with Gasteiger partial charge in [-0.05, 0) is 44.2 Å². The van der Waals surface area contributed by atoms with Gasteiger partial charge in [0.1, 0.15) is 17.8 Å². The third kappa shape index (κ3) is 8.73. The Morgan fingerprint density at radius 3 is 2.28 bits per heavy atom. The number of nitrogens with zero attached hydrogens (tertiary/aromatic N) is 5. The zero-order valence-corrected chi connectivity index (χ0v) is 23.1. The second-order valence-electron chi connectivity index (χ2n) is 8.90. The van der Waals surface area contributed by atoms with Crippen molar-refractivity contribution >= 4 is 41.7 Å². The highest BCUT2D eigenvalue weighted by atomic mass is 35.5. The van der Waals surface area contributed by atoms with Crippen molar-refractivity contribution in [2.45, 2.75) is 57.3 Å². The summed E-state index contributed by atoms with van der Waals surface area (Å²) in [5.41, 5.74) is 0.710. The van der Waals surface area contributed by atoms with E-state index in [1.807, 2.05) is 0 Å². The molecule has 14 nitrogen and oxygen atoms in total. The van der Waals surface area contributed by atoms with Crippen LogP contribution >= 0.6 is 12.4 Å². The normalized spacial score (nSPS) is 14.7. The lowest BCUT2D eigenvalue weighted by molar-refractivity contribution is 0.102. The van der Waals surface area contributed by atoms with Crippen LogP contribution in [0.3, 0.4) is 0 Å². The highest BCUT2D eigenvalue weighted by molar-refractivity contribution is 6.05. The molecule has 39 heavy (non-hydrogen) atoms. The molecule has 2 aliphatic rings. The summed E-state index contributed by atoms with van der Waals surface area (Å²) in [5.74, 6) is 1.98. The highest BCUT2D eigenvalue weighted by Crippen LogP contribution is 2.33. The molecule has 2 fully saturated rings. The minimum Gasteiger partial charge on any atom is -0.507 e. The summed E-state index contributed by atoms with van der Waals surface area (Å²) in [6, 6.07) is 6.27. The van der Waals surface area contributed by atoms with Crippen molar-refractivity contribution in [1.82, 2.24) is 44.7 Å². The van der Waals surface area contributed by atoms with Crippen molar-refractivity contribution in [2.75, 3.05) is 28.6 Å². The molecule has 1 aliphatic carbocycles. The number of piperidine rings is 1. The largest absolute Gasteiger partial charge is 0.507 e. The third-order valence-corrected chi connectivity index (χ3v) is 6.43. The van der Waals surface area contributed by atoms with Gasteiger partial charge in [0.25, 0.3) is 5.91 Å². The fourth-order valence-electron chi connectivity index (χ4n) is 4.61. The van der Waals surface area contributed by atoms with E-state index in [1.165, 1.54) is 44.1 Å². The van der Waals surface area contributed by atoms with Crippen LogP contribution < -0.4 is 40.1 Å². The van der Waals surface area contributed by atoms with Crippen LogP contribution in [0, 0.1) is 0 Å². The second-order valence-corrected chi connectivity index (χ2v) is 8.90. The van der Waals surface area contributed by atoms with E-state index in [0.29, 0.717) is 23.5 Å². The van der Waals surface area contributed by atoms with Gasteiger partial charge in [-0.1, -0.05) is 24.4 Å². The first-order chi connectivity index (χ1) is 16.7. The number of aromatic nitrogens is 4. The number of benzene rings is 1. The van der Waals surface area contributed by atoms with Gasteiger partial charge in [-0.3, -0.25) is 4.79 Å². The van der Waals surface area contributed by atoms with Gasteiger partial charge in [0.2, 0.25) is 11.9 Å². The molecule has 1 aliphatic heterocycles. The maximum absolute atomic E-state index is 12.4. The molecule has 0 bridgehead atoms. The topological polar surface area (TPSA) is 269 Å². The molecule has 15 N–H and O–H groups in total. The lowest BCUT2D eigenvalue weighted by Gasteiger charge is -2.28. The van der Waals surface area contributed by atoms with Crippen molar-refractivity contribution in [3.63, 3.8) is 0 Å². The summed E-state index contributed by atoms with van der Waals surface area (Å²) in [4.78, 5) is 29.0. The van der Waals surface area contributed by atoms with Gasteiger partial charge in [0.15, 0.2) is 5.82 Å². The molecule has 0 atom stereocenters. The van der Waals surface area contributed by atoms with E-state index in [0.717, 1.165) is 44.6 Å². The third-order valence-electron chi connectivity index (χ3n) is 6.43. The number of halogens is 1. The summed E-state index contributed by atoms with van der Waals surface area (Å²) in [6.45, 7) is 1.90. The van der Waals surface area contributed by atoms with Gasteiger partial charge in [-0.25, -0.2) is 0 Å². The van der Waals surface area contributed by atoms with E-state index in [-0.39, 0.29) is 59.8 Å². The van der Waals surface area contributed by atoms with Crippen LogP contribution in [-0.2, 0) is 0 Å². The Kier molecular flexibility index (Phi) is 14.9. The Bertz CT molecular complexity index is 1120. The minimum absolute atomic E-state index is 0. The smallest absolute Gasteiger partial charge is 0.260 e. The Morgan fingerprint density at radius 1 is 0.949 bits per heavy atom. The molecule has 15 heteroatoms. The minimum atomic E-state index is -0.481. The fraction of sp³-hybridized carbons (Fsp3) is 0.458. The molecule has 5 rings (SSSR count). The lowest BCUT2D eigenvalue weighted by Crippen LogP contribution is -2.31. The van der Waals surface area contributed by atoms with E-state index >= 15 is 0 Å². The van der Waals surface area contributed by atoms with E-state index < -0.39 is 5.91 Å². The number of phenolic OH excluding ortho intramolecular Hbond substituents is 1. The quantitative estimate of drug-likeness (QED) is 0.162. The molecule has 0 spiro atoms. The fourth-order valence-corrected chi connectivity index (χ4v) is 4.61. The van der Waals surface area contributed by atoms with Crippen molar-refractivity contribution in [3.8, 4) is 5.75 Å². The van der Waals surface area contributed by atoms with Crippen molar-refractivity contribution in [3.05, 3.63) is 41.9 Å². The van der Waals surface area contributed by atoms with E-state index in [1.54, 1.807) is 12.1 Å². The molecule has 1 amide bonds. The standard InChI is InChI=1S/C24H29N7O3.ClH.4H3N.4H2/c32-19-15-17(9-10-18(19)22(33)26-20-11-14-34-30-20)25-23-27-21(16-7-3-1-4-8-16)28-24(29-23)31-12-5-2-6-13-31;;;;;;;;;/h9-11,14-16,32H,1-8,12-13H2,(H,26,30,33)(H,25,27,28,29);1H;4*1H3;4*1H. The lowest BCUT2D eigenvalue weighted by atomic mass is 9.89. The number of carbonyl (C=O) groups excluding carboxylic acids is 1. The molecule has 3 heterocycles. The molecule has 1 saturated carbocycles. The number of anilines is 4. The highest BCUT2D eigenvalue weighted by Gasteiger charge is 2.23. The van der Waals surface area contributed by atoms with E-state index in [4.69, 9.17) is 19.5 Å². The number of phenols is 1. The monoisotopic (exact) mass is 575 g/mol. The first kappa shape index (κ1) is 35.4. The average Bonchev–Trinajstić information content (AvgIpc) is 3.38. The van der Waals surface area contributed by atoms with Crippen molar-refractivity contribution in [2.24, 2.45) is 0 Å². The molecular weight excluding hydrogens is 526 g/mol. The number of aromatic hydroxyl groups is 1. The summed E-state index contributed by atoms with van der Waals surface area (Å²) in [6.07, 6.45) is 10.7. The van der Waals surface area contributed by atoms with E-state index in [2.05, 4.69) is 20.7 Å². The average molecular weight is 576 g/mol. The molecule has 3 aromatic rings. The Morgan fingerprint density at radius 2 is 1.64 bits per heavy atom. The Labute approximate surface area is 240 Å². The SMILES string of the molecule is Cl.N.N.N.N.O=C(Nc1ccon1)c1ccc(Nc2nc(C3CCCCC3)nc(N3CCCCC3)n2)cc1O.[HH].[HH].[HH].[HH]. The predicted octanol–water partition coefficient (Wildman–Crippen LogP) is 6.65. The summed E-state index contributed by atoms with van der Waals surface area (Å²) in [5, 5.41) is 19.9. The zero-order chi connectivity index (χ0) is 23.3. The maximum Gasteiger partial charge on any atom is 0.260 e. The van der Waals surface area contributed by atoms with Crippen LogP contribution in [0.4, 0.5) is 23.4 Å². The summed E-state index contributed by atoms with van der Waals surface area (Å²) >= 11 is 0. The molecule has 226 valence electrons.